The van der Waals surface area contributed by atoms with Crippen molar-refractivity contribution in [1.82, 2.24) is 9.97 Å². The van der Waals surface area contributed by atoms with Gasteiger partial charge in [0.2, 0.25) is 5.95 Å². The van der Waals surface area contributed by atoms with Gasteiger partial charge in [0, 0.05) is 25.5 Å². The van der Waals surface area contributed by atoms with Crippen LogP contribution in [0.5, 0.6) is 0 Å². The van der Waals surface area contributed by atoms with Gasteiger partial charge < -0.3 is 17.8 Å². The van der Waals surface area contributed by atoms with Crippen molar-refractivity contribution in [2.75, 3.05) is 18.0 Å². The molecule has 2 rings (SSSR count). The third kappa shape index (κ3) is 2.34. The third-order valence-electron chi connectivity index (χ3n) is 2.50. The van der Waals surface area contributed by atoms with Crippen molar-refractivity contribution in [2.45, 2.75) is 6.42 Å². The first-order chi connectivity index (χ1) is 7.57. The molecule has 3 nitrogen and oxygen atoms in total. The lowest BCUT2D eigenvalue weighted by molar-refractivity contribution is 0.482. The van der Waals surface area contributed by atoms with Crippen molar-refractivity contribution in [3.63, 3.8) is 0 Å². The van der Waals surface area contributed by atoms with E-state index in [0.29, 0.717) is 12.5 Å². The average Bonchev–Trinajstić information content (AvgIpc) is 2.29. The van der Waals surface area contributed by atoms with Crippen LogP contribution in [0.2, 0.25) is 0 Å². The fourth-order valence-corrected chi connectivity index (χ4v) is 1.62. The predicted octanol–water partition coefficient (Wildman–Crippen LogP) is 2.00. The summed E-state index contributed by atoms with van der Waals surface area (Å²) >= 11 is 0. The second-order valence-electron chi connectivity index (χ2n) is 3.60. The Hall–Kier alpha value is -1.53. The number of halogens is 3. The molecule has 2 heterocycles. The third-order valence-corrected chi connectivity index (χ3v) is 2.50. The summed E-state index contributed by atoms with van der Waals surface area (Å²) in [6.45, 7) is -4.29. The van der Waals surface area contributed by atoms with Gasteiger partial charge in [-0.1, -0.05) is 6.08 Å². The summed E-state index contributed by atoms with van der Waals surface area (Å²) in [7, 11) is 0. The highest BCUT2D eigenvalue weighted by molar-refractivity contribution is 6.66. The highest BCUT2D eigenvalue weighted by Gasteiger charge is 2.30. The van der Waals surface area contributed by atoms with E-state index in [4.69, 9.17) is 0 Å². The number of anilines is 1. The van der Waals surface area contributed by atoms with E-state index in [9.17, 15) is 12.9 Å². The largest absolute Gasteiger partial charge is 0.505 e. The molecule has 0 spiro atoms. The smallest absolute Gasteiger partial charge is 0.445 e. The van der Waals surface area contributed by atoms with Crippen LogP contribution in [-0.4, -0.2) is 30.0 Å². The van der Waals surface area contributed by atoms with Gasteiger partial charge in [-0.15, -0.1) is 5.47 Å². The van der Waals surface area contributed by atoms with Crippen LogP contribution in [-0.2, 0) is 0 Å². The van der Waals surface area contributed by atoms with Crippen LogP contribution in [0.4, 0.5) is 18.9 Å². The second-order valence-corrected chi connectivity index (χ2v) is 3.60. The molecule has 0 aromatic carbocycles. The van der Waals surface area contributed by atoms with Crippen LogP contribution in [0.15, 0.2) is 30.0 Å². The number of aromatic nitrogens is 2. The topological polar surface area (TPSA) is 29.0 Å². The summed E-state index contributed by atoms with van der Waals surface area (Å²) in [5, 5.41) is 0. The quantitative estimate of drug-likeness (QED) is 0.725. The molecule has 1 aromatic rings. The molecule has 1 aromatic heterocycles. The van der Waals surface area contributed by atoms with Gasteiger partial charge in [-0.3, -0.25) is 0 Å². The number of rotatable bonds is 2. The van der Waals surface area contributed by atoms with E-state index < -0.39 is 12.4 Å². The van der Waals surface area contributed by atoms with E-state index in [1.807, 2.05) is 0 Å². The Morgan fingerprint density at radius 2 is 1.88 bits per heavy atom. The molecule has 0 amide bonds. The predicted molar refractivity (Wildman–Crippen MR) is 56.0 cm³/mol. The summed E-state index contributed by atoms with van der Waals surface area (Å²) in [5.41, 5.74) is -0.396. The molecular formula is C9H10BF3N3-. The molecule has 0 atom stereocenters. The van der Waals surface area contributed by atoms with Crippen molar-refractivity contribution in [3.05, 3.63) is 30.0 Å². The Morgan fingerprint density at radius 1 is 1.19 bits per heavy atom. The van der Waals surface area contributed by atoms with Gasteiger partial charge >= 0.3 is 6.98 Å². The van der Waals surface area contributed by atoms with Gasteiger partial charge in [0.1, 0.15) is 0 Å². The maximum Gasteiger partial charge on any atom is 0.505 e. The minimum absolute atomic E-state index is 0.0156. The summed E-state index contributed by atoms with van der Waals surface area (Å²) < 4.78 is 37.2. The van der Waals surface area contributed by atoms with Gasteiger partial charge in [0.25, 0.3) is 0 Å². The first-order valence-corrected chi connectivity index (χ1v) is 4.98. The Labute approximate surface area is 91.1 Å². The number of hydrogen-bond acceptors (Lipinski definition) is 3. The van der Waals surface area contributed by atoms with Gasteiger partial charge in [-0.25, -0.2) is 9.97 Å². The molecule has 1 aliphatic heterocycles. The number of hydrogen-bond donors (Lipinski definition) is 0. The van der Waals surface area contributed by atoms with Crippen LogP contribution in [0, 0.1) is 0 Å². The summed E-state index contributed by atoms with van der Waals surface area (Å²) in [5.74, 6) is 0.479. The van der Waals surface area contributed by atoms with Crippen LogP contribution in [0.3, 0.4) is 0 Å². The van der Waals surface area contributed by atoms with Crippen molar-refractivity contribution in [2.24, 2.45) is 0 Å². The zero-order valence-corrected chi connectivity index (χ0v) is 8.48. The van der Waals surface area contributed by atoms with Crippen LogP contribution < -0.4 is 4.90 Å². The molecule has 0 fully saturated rings. The molecule has 86 valence electrons. The van der Waals surface area contributed by atoms with E-state index in [-0.39, 0.29) is 13.0 Å². The number of nitrogens with zero attached hydrogens (tertiary/aromatic N) is 3. The van der Waals surface area contributed by atoms with Gasteiger partial charge in [0.15, 0.2) is 0 Å². The molecule has 0 unspecified atom stereocenters. The minimum atomic E-state index is -4.83. The molecule has 0 N–H and O–H groups in total. The normalized spacial score (nSPS) is 17.2. The molecule has 16 heavy (non-hydrogen) atoms. The van der Waals surface area contributed by atoms with Crippen molar-refractivity contribution in [3.8, 4) is 0 Å². The van der Waals surface area contributed by atoms with Crippen molar-refractivity contribution in [1.29, 1.82) is 0 Å². The highest BCUT2D eigenvalue weighted by Crippen LogP contribution is 2.26. The lowest BCUT2D eigenvalue weighted by atomic mass is 9.76. The fraction of sp³-hybridized carbons (Fsp3) is 0.333. The fourth-order valence-electron chi connectivity index (χ4n) is 1.62. The first-order valence-electron chi connectivity index (χ1n) is 4.98. The minimum Gasteiger partial charge on any atom is -0.445 e. The van der Waals surface area contributed by atoms with E-state index in [0.717, 1.165) is 0 Å². The molecular weight excluding hydrogens is 218 g/mol. The monoisotopic (exact) mass is 228 g/mol. The maximum absolute atomic E-state index is 12.4. The average molecular weight is 228 g/mol. The van der Waals surface area contributed by atoms with Gasteiger partial charge in [0.05, 0.1) is 0 Å². The molecule has 0 radical (unpaired) electrons. The lowest BCUT2D eigenvalue weighted by Gasteiger charge is -2.30. The van der Waals surface area contributed by atoms with Crippen molar-refractivity contribution < 1.29 is 12.9 Å². The van der Waals surface area contributed by atoms with Crippen LogP contribution in [0.1, 0.15) is 6.42 Å². The second kappa shape index (κ2) is 4.15. The molecule has 0 aliphatic carbocycles. The van der Waals surface area contributed by atoms with Gasteiger partial charge in [-0.2, -0.15) is 0 Å². The zero-order chi connectivity index (χ0) is 11.6. The summed E-state index contributed by atoms with van der Waals surface area (Å²) in [4.78, 5) is 9.73. The summed E-state index contributed by atoms with van der Waals surface area (Å²) in [6, 6.07) is 1.67. The molecule has 1 aliphatic rings. The Kier molecular flexibility index (Phi) is 2.85. The molecule has 0 saturated heterocycles. The van der Waals surface area contributed by atoms with Crippen LogP contribution in [0.25, 0.3) is 0 Å². The Balaban J connectivity index is 2.08. The Bertz CT molecular complexity index is 391. The lowest BCUT2D eigenvalue weighted by Crippen LogP contribution is -2.34. The summed E-state index contributed by atoms with van der Waals surface area (Å²) in [6.07, 6.45) is 4.39. The zero-order valence-electron chi connectivity index (χ0n) is 8.48. The van der Waals surface area contributed by atoms with E-state index in [2.05, 4.69) is 9.97 Å². The van der Waals surface area contributed by atoms with Crippen LogP contribution >= 0.6 is 0 Å². The maximum atomic E-state index is 12.4. The molecule has 0 saturated carbocycles. The first kappa shape index (κ1) is 11.0. The Morgan fingerprint density at radius 3 is 2.38 bits per heavy atom. The SMILES string of the molecule is F[B-](F)(F)C1=CCN(c2ncccn2)CC1. The van der Waals surface area contributed by atoms with E-state index in [1.165, 1.54) is 6.08 Å². The molecule has 0 bridgehead atoms. The van der Waals surface area contributed by atoms with E-state index in [1.54, 1.807) is 23.4 Å². The molecule has 7 heteroatoms. The highest BCUT2D eigenvalue weighted by atomic mass is 19.4. The van der Waals surface area contributed by atoms with Crippen molar-refractivity contribution >= 4 is 12.9 Å². The van der Waals surface area contributed by atoms with Gasteiger partial charge in [-0.05, 0) is 12.5 Å². The standard InChI is InChI=1S/C9H10BF3N3/c11-10(12,13)8-2-6-16(7-3-8)9-14-4-1-5-15-9/h1-2,4-5H,3,6-7H2/q-1. The van der Waals surface area contributed by atoms with E-state index >= 15 is 0 Å².